The molecule has 2 saturated carbocycles. The van der Waals surface area contributed by atoms with Crippen LogP contribution in [0.2, 0.25) is 0 Å². The Labute approximate surface area is 402 Å². The smallest absolute Gasteiger partial charge is 0.254 e. The quantitative estimate of drug-likeness (QED) is 0.112. The molecule has 11 rings (SSSR count). The number of aromatic nitrogens is 4. The highest BCUT2D eigenvalue weighted by molar-refractivity contribution is 7.89. The van der Waals surface area contributed by atoms with Crippen LogP contribution in [0.4, 0.5) is 46.3 Å². The van der Waals surface area contributed by atoms with Crippen molar-refractivity contribution in [1.82, 2.24) is 29.1 Å². The molecule has 6 N–H and O–H groups in total. The summed E-state index contributed by atoms with van der Waals surface area (Å²) in [6.07, 6.45) is 7.02. The average Bonchev–Trinajstić information content (AvgIpc) is 4.30. The molecule has 6 aliphatic rings. The van der Waals surface area contributed by atoms with Gasteiger partial charge in [0.25, 0.3) is 5.91 Å². The van der Waals surface area contributed by atoms with Crippen molar-refractivity contribution in [3.63, 3.8) is 0 Å². The fraction of sp³-hybridized carbons (Fsp3) is 0.340. The number of rotatable bonds is 12. The number of fused-ring (bicyclic) bond motifs is 6. The summed E-state index contributed by atoms with van der Waals surface area (Å²) in [4.78, 5) is 83.6. The van der Waals surface area contributed by atoms with E-state index < -0.39 is 22.0 Å². The Hall–Kier alpha value is -7.92. The molecule has 2 atom stereocenters. The number of ketones is 1. The molecule has 6 heterocycles. The van der Waals surface area contributed by atoms with Gasteiger partial charge in [-0.15, -0.1) is 0 Å². The number of carbonyl (C=O) groups excluding carboxylic acids is 5. The van der Waals surface area contributed by atoms with Gasteiger partial charge in [-0.25, -0.2) is 18.4 Å². The van der Waals surface area contributed by atoms with Crippen molar-refractivity contribution in [3.8, 4) is 11.5 Å². The van der Waals surface area contributed by atoms with Gasteiger partial charge in [-0.2, -0.15) is 14.3 Å². The molecule has 2 saturated heterocycles. The summed E-state index contributed by atoms with van der Waals surface area (Å²) in [5.41, 5.74) is 8.69. The van der Waals surface area contributed by atoms with Gasteiger partial charge < -0.3 is 41.4 Å². The van der Waals surface area contributed by atoms with E-state index in [1.54, 1.807) is 57.2 Å². The summed E-state index contributed by atoms with van der Waals surface area (Å²) in [5, 5.41) is 12.7. The van der Waals surface area contributed by atoms with Gasteiger partial charge >= 0.3 is 0 Å². The summed E-state index contributed by atoms with van der Waals surface area (Å²) in [6.45, 7) is 3.80. The molecule has 2 aliphatic carbocycles. The van der Waals surface area contributed by atoms with E-state index in [2.05, 4.69) is 41.2 Å². The maximum absolute atomic E-state index is 13.2. The first-order valence-electron chi connectivity index (χ1n) is 22.8. The van der Waals surface area contributed by atoms with Gasteiger partial charge in [0.15, 0.2) is 5.78 Å². The molecule has 4 amide bonds. The lowest BCUT2D eigenvalue weighted by atomic mass is 10.1. The first kappa shape index (κ1) is 45.8. The SMILES string of the molecule is CC(=O)c1cnc(Nc2ccc3c(c2)OCC2CN(C(C)=O)CC(=O)N32)nc1NC1CC1.NC(=O)c1cnc(Nc2ccc3c(c2)OCC2CN(S(=O)(=O)c4ccccc4)CC(=O)N32)nc1NC1CC1. The minimum Gasteiger partial charge on any atom is -0.489 e. The zero-order valence-corrected chi connectivity index (χ0v) is 38.9. The second-order valence-electron chi connectivity index (χ2n) is 17.8. The molecule has 3 aromatic carbocycles. The number of piperazine rings is 2. The van der Waals surface area contributed by atoms with E-state index in [1.165, 1.54) is 42.7 Å². The van der Waals surface area contributed by atoms with Crippen LogP contribution >= 0.6 is 0 Å². The number of hydrogen-bond acceptors (Lipinski definition) is 17. The molecule has 23 heteroatoms. The van der Waals surface area contributed by atoms with Crippen molar-refractivity contribution in [2.75, 3.05) is 70.5 Å². The Morgan fingerprint density at radius 1 is 0.686 bits per heavy atom. The highest BCUT2D eigenvalue weighted by Gasteiger charge is 2.43. The van der Waals surface area contributed by atoms with E-state index in [1.807, 2.05) is 12.1 Å². The van der Waals surface area contributed by atoms with Crippen LogP contribution in [-0.2, 0) is 24.4 Å². The Bertz CT molecular complexity index is 3040. The number of anilines is 8. The maximum Gasteiger partial charge on any atom is 0.254 e. The molecule has 4 fully saturated rings. The van der Waals surface area contributed by atoms with E-state index in [0.29, 0.717) is 76.6 Å². The number of nitrogens with one attached hydrogen (secondary N) is 4. The minimum absolute atomic E-state index is 0.0678. The van der Waals surface area contributed by atoms with Crippen molar-refractivity contribution >= 4 is 85.7 Å². The van der Waals surface area contributed by atoms with Crippen LogP contribution in [0, 0.1) is 0 Å². The second kappa shape index (κ2) is 18.5. The summed E-state index contributed by atoms with van der Waals surface area (Å²) < 4.78 is 39.2. The molecule has 362 valence electrons. The van der Waals surface area contributed by atoms with Crippen molar-refractivity contribution < 1.29 is 41.9 Å². The van der Waals surface area contributed by atoms with Gasteiger partial charge in [0.1, 0.15) is 42.9 Å². The minimum atomic E-state index is -3.81. The molecule has 0 radical (unpaired) electrons. The molecule has 4 aliphatic heterocycles. The van der Waals surface area contributed by atoms with Gasteiger partial charge in [-0.1, -0.05) is 18.2 Å². The van der Waals surface area contributed by atoms with Crippen LogP contribution in [0.25, 0.3) is 0 Å². The first-order chi connectivity index (χ1) is 33.7. The van der Waals surface area contributed by atoms with Crippen molar-refractivity contribution in [2.45, 2.75) is 68.6 Å². The normalized spacial score (nSPS) is 19.4. The third kappa shape index (κ3) is 9.56. The van der Waals surface area contributed by atoms with Gasteiger partial charge in [-0.05, 0) is 69.0 Å². The molecule has 2 unspecified atom stereocenters. The van der Waals surface area contributed by atoms with E-state index in [-0.39, 0.29) is 78.2 Å². The fourth-order valence-electron chi connectivity index (χ4n) is 8.56. The number of hydrogen-bond donors (Lipinski definition) is 5. The zero-order chi connectivity index (χ0) is 48.8. The summed E-state index contributed by atoms with van der Waals surface area (Å²) in [7, 11) is -3.81. The largest absolute Gasteiger partial charge is 0.489 e. The fourth-order valence-corrected chi connectivity index (χ4v) is 10.0. The molecule has 0 bridgehead atoms. The summed E-state index contributed by atoms with van der Waals surface area (Å²) in [5.74, 6) is 1.32. The number of nitrogens with zero attached hydrogens (tertiary/aromatic N) is 8. The number of Topliss-reactive ketones (excluding diaryl/α,β-unsaturated/α-hetero) is 1. The third-order valence-electron chi connectivity index (χ3n) is 12.4. The molecule has 2 aromatic heterocycles. The van der Waals surface area contributed by atoms with Crippen LogP contribution < -0.4 is 46.3 Å². The number of primary amides is 1. The van der Waals surface area contributed by atoms with E-state index in [4.69, 9.17) is 15.2 Å². The van der Waals surface area contributed by atoms with Crippen LogP contribution in [0.3, 0.4) is 0 Å². The lowest BCUT2D eigenvalue weighted by Gasteiger charge is -2.43. The van der Waals surface area contributed by atoms with Crippen LogP contribution in [0.15, 0.2) is 84.0 Å². The Kier molecular flexibility index (Phi) is 12.1. The first-order valence-corrected chi connectivity index (χ1v) is 24.2. The van der Waals surface area contributed by atoms with Gasteiger partial charge in [-0.3, -0.25) is 33.8 Å². The molecular weight excluding hydrogens is 923 g/mol. The average molecular weight is 972 g/mol. The molecule has 22 nitrogen and oxygen atoms in total. The number of benzene rings is 3. The van der Waals surface area contributed by atoms with Gasteiger partial charge in [0.2, 0.25) is 39.6 Å². The monoisotopic (exact) mass is 971 g/mol. The van der Waals surface area contributed by atoms with Crippen LogP contribution in [0.5, 0.6) is 11.5 Å². The Morgan fingerprint density at radius 2 is 1.20 bits per heavy atom. The van der Waals surface area contributed by atoms with Gasteiger partial charge in [0, 0.05) is 68.0 Å². The number of carbonyl (C=O) groups is 5. The lowest BCUT2D eigenvalue weighted by molar-refractivity contribution is -0.136. The highest BCUT2D eigenvalue weighted by atomic mass is 32.2. The predicted octanol–water partition coefficient (Wildman–Crippen LogP) is 3.65. The number of ether oxygens (including phenoxy) is 2. The van der Waals surface area contributed by atoms with E-state index in [9.17, 15) is 32.4 Å². The Balaban J connectivity index is 0.000000165. The van der Waals surface area contributed by atoms with Gasteiger partial charge in [0.05, 0.1) is 46.0 Å². The maximum atomic E-state index is 13.2. The second-order valence-corrected chi connectivity index (χ2v) is 19.7. The number of amides is 4. The van der Waals surface area contributed by atoms with Crippen LogP contribution in [-0.4, -0.2) is 131 Å². The molecule has 0 spiro atoms. The summed E-state index contributed by atoms with van der Waals surface area (Å²) in [6, 6.07) is 18.7. The lowest BCUT2D eigenvalue weighted by Crippen LogP contribution is -2.61. The topological polar surface area (TPSA) is 277 Å². The number of nitrogens with two attached hydrogens (primary N) is 1. The molecule has 5 aromatic rings. The van der Waals surface area contributed by atoms with Crippen molar-refractivity contribution in [3.05, 3.63) is 90.3 Å². The zero-order valence-electron chi connectivity index (χ0n) is 38.1. The van der Waals surface area contributed by atoms with E-state index >= 15 is 0 Å². The highest BCUT2D eigenvalue weighted by Crippen LogP contribution is 2.40. The van der Waals surface area contributed by atoms with Crippen molar-refractivity contribution in [2.24, 2.45) is 5.73 Å². The molecular formula is C47H49N13O9S. The van der Waals surface area contributed by atoms with Crippen molar-refractivity contribution in [1.29, 1.82) is 0 Å². The predicted molar refractivity (Wildman–Crippen MR) is 256 cm³/mol. The van der Waals surface area contributed by atoms with E-state index in [0.717, 1.165) is 25.7 Å². The standard InChI is InChI=1S/C25H25N7O5S.C22H24N6O4/c26-23(34)19-11-27-25(30-24(19)28-15-6-7-15)29-16-8-9-20-21(10-16)37-14-17-12-31(13-22(33)32(17)20)38(35,36)18-4-2-1-3-5-18;1-12(29)17-8-23-22(26-21(17)24-14-3-4-14)25-15-5-6-18-19(7-15)32-11-16-9-27(13(2)30)10-20(31)28(16)18/h1-5,8-11,15,17H,6-7,12-14H2,(H2,26,34)(H2,27,28,29,30);5-8,14,16H,3-4,9-11H2,1-2H3,(H2,23,24,25,26). The Morgan fingerprint density at radius 3 is 1.71 bits per heavy atom. The van der Waals surface area contributed by atoms with Crippen LogP contribution in [0.1, 0.15) is 60.2 Å². The number of sulfonamides is 1. The third-order valence-corrected chi connectivity index (χ3v) is 14.3. The molecule has 70 heavy (non-hydrogen) atoms. The summed E-state index contributed by atoms with van der Waals surface area (Å²) >= 11 is 0.